The molecule has 3 rings (SSSR count). The van der Waals surface area contributed by atoms with Crippen molar-refractivity contribution < 1.29 is 4.74 Å². The molecule has 5 nitrogen and oxygen atoms in total. The number of nitrogens with one attached hydrogen (secondary N) is 1. The molecule has 0 amide bonds. The summed E-state index contributed by atoms with van der Waals surface area (Å²) in [5.74, 6) is 0.697. The molecule has 1 fully saturated rings. The van der Waals surface area contributed by atoms with E-state index in [1.54, 1.807) is 0 Å². The second kappa shape index (κ2) is 4.94. The first kappa shape index (κ1) is 11.5. The van der Waals surface area contributed by atoms with Crippen LogP contribution < -0.4 is 5.32 Å². The number of aromatic nitrogens is 3. The summed E-state index contributed by atoms with van der Waals surface area (Å²) in [5.41, 5.74) is 2.05. The van der Waals surface area contributed by atoms with Crippen molar-refractivity contribution in [1.82, 2.24) is 14.6 Å². The first-order valence-electron chi connectivity index (χ1n) is 6.50. The topological polar surface area (TPSA) is 51.5 Å². The van der Waals surface area contributed by atoms with E-state index in [2.05, 4.69) is 15.4 Å². The molecule has 1 atom stereocenters. The van der Waals surface area contributed by atoms with Crippen LogP contribution in [-0.4, -0.2) is 33.9 Å². The van der Waals surface area contributed by atoms with E-state index >= 15 is 0 Å². The number of fused-ring (bicyclic) bond motifs is 1. The Morgan fingerprint density at radius 3 is 3.28 bits per heavy atom. The van der Waals surface area contributed by atoms with Gasteiger partial charge in [0, 0.05) is 19.3 Å². The van der Waals surface area contributed by atoms with Crippen molar-refractivity contribution in [3.63, 3.8) is 0 Å². The molecular formula is C13H18N4O. The Labute approximate surface area is 106 Å². The van der Waals surface area contributed by atoms with Crippen LogP contribution in [0, 0.1) is 6.92 Å². The number of anilines is 1. The predicted molar refractivity (Wildman–Crippen MR) is 69.8 cm³/mol. The maximum atomic E-state index is 5.58. The van der Waals surface area contributed by atoms with Crippen LogP contribution >= 0.6 is 0 Å². The van der Waals surface area contributed by atoms with E-state index in [0.29, 0.717) is 12.1 Å². The maximum absolute atomic E-state index is 5.58. The fourth-order valence-electron chi connectivity index (χ4n) is 2.33. The summed E-state index contributed by atoms with van der Waals surface area (Å²) in [6, 6.07) is 4.02. The van der Waals surface area contributed by atoms with Crippen LogP contribution in [0.5, 0.6) is 0 Å². The van der Waals surface area contributed by atoms with Crippen LogP contribution in [0.2, 0.25) is 0 Å². The van der Waals surface area contributed by atoms with Gasteiger partial charge in [-0.1, -0.05) is 6.07 Å². The molecule has 1 aliphatic rings. The Balaban J connectivity index is 1.62. The van der Waals surface area contributed by atoms with E-state index in [1.807, 2.05) is 29.8 Å². The van der Waals surface area contributed by atoms with Crippen molar-refractivity contribution in [3.8, 4) is 0 Å². The lowest BCUT2D eigenvalue weighted by Gasteiger charge is -2.08. The average molecular weight is 246 g/mol. The standard InChI is InChI=1S/C13H18N4O/c1-10-4-2-8-17-12(10)15-13(16-17)14-7-6-11-5-3-9-18-11/h2,4,8,11H,3,5-7,9H2,1H3,(H,14,16). The second-order valence-electron chi connectivity index (χ2n) is 4.75. The minimum Gasteiger partial charge on any atom is -0.378 e. The molecule has 96 valence electrons. The third-order valence-corrected chi connectivity index (χ3v) is 3.33. The first-order chi connectivity index (χ1) is 8.83. The molecule has 0 saturated carbocycles. The quantitative estimate of drug-likeness (QED) is 0.896. The molecule has 18 heavy (non-hydrogen) atoms. The van der Waals surface area contributed by atoms with Crippen molar-refractivity contribution in [3.05, 3.63) is 23.9 Å². The summed E-state index contributed by atoms with van der Waals surface area (Å²) in [6.45, 7) is 3.82. The molecule has 2 aromatic rings. The van der Waals surface area contributed by atoms with Crippen molar-refractivity contribution in [1.29, 1.82) is 0 Å². The molecule has 3 heterocycles. The van der Waals surface area contributed by atoms with Crippen molar-refractivity contribution in [2.75, 3.05) is 18.5 Å². The maximum Gasteiger partial charge on any atom is 0.243 e. The summed E-state index contributed by atoms with van der Waals surface area (Å²) >= 11 is 0. The van der Waals surface area contributed by atoms with Gasteiger partial charge in [-0.3, -0.25) is 0 Å². The van der Waals surface area contributed by atoms with E-state index in [4.69, 9.17) is 4.74 Å². The number of nitrogens with zero attached hydrogens (tertiary/aromatic N) is 3. The summed E-state index contributed by atoms with van der Waals surface area (Å²) in [5, 5.41) is 7.66. The number of aryl methyl sites for hydroxylation is 1. The largest absolute Gasteiger partial charge is 0.378 e. The lowest BCUT2D eigenvalue weighted by Crippen LogP contribution is -2.13. The summed E-state index contributed by atoms with van der Waals surface area (Å²) in [7, 11) is 0. The van der Waals surface area contributed by atoms with E-state index in [0.717, 1.165) is 30.8 Å². The smallest absolute Gasteiger partial charge is 0.243 e. The molecule has 1 N–H and O–H groups in total. The molecule has 1 aliphatic heterocycles. The molecular weight excluding hydrogens is 228 g/mol. The zero-order valence-electron chi connectivity index (χ0n) is 10.6. The Morgan fingerprint density at radius 1 is 1.56 bits per heavy atom. The normalized spacial score (nSPS) is 19.5. The van der Waals surface area contributed by atoms with Gasteiger partial charge in [0.1, 0.15) is 0 Å². The van der Waals surface area contributed by atoms with Crippen LogP contribution in [-0.2, 0) is 4.74 Å². The summed E-state index contributed by atoms with van der Waals surface area (Å²) in [4.78, 5) is 4.48. The van der Waals surface area contributed by atoms with Crippen LogP contribution in [0.1, 0.15) is 24.8 Å². The average Bonchev–Trinajstić information content (AvgIpc) is 2.98. The number of rotatable bonds is 4. The SMILES string of the molecule is Cc1cccn2nc(NCCC3CCCO3)nc12. The van der Waals surface area contributed by atoms with Gasteiger partial charge < -0.3 is 10.1 Å². The molecule has 1 saturated heterocycles. The van der Waals surface area contributed by atoms with Crippen LogP contribution in [0.15, 0.2) is 18.3 Å². The Kier molecular flexibility index (Phi) is 3.15. The van der Waals surface area contributed by atoms with E-state index < -0.39 is 0 Å². The number of hydrogen-bond donors (Lipinski definition) is 1. The van der Waals surface area contributed by atoms with Crippen molar-refractivity contribution in [2.45, 2.75) is 32.3 Å². The van der Waals surface area contributed by atoms with Crippen molar-refractivity contribution >= 4 is 11.6 Å². The van der Waals surface area contributed by atoms with Crippen LogP contribution in [0.3, 0.4) is 0 Å². The molecule has 2 aromatic heterocycles. The monoisotopic (exact) mass is 246 g/mol. The predicted octanol–water partition coefficient (Wildman–Crippen LogP) is 2.02. The summed E-state index contributed by atoms with van der Waals surface area (Å²) < 4.78 is 7.39. The van der Waals surface area contributed by atoms with Gasteiger partial charge in [0.15, 0.2) is 5.65 Å². The minimum atomic E-state index is 0.413. The highest BCUT2D eigenvalue weighted by atomic mass is 16.5. The third-order valence-electron chi connectivity index (χ3n) is 3.33. The molecule has 0 aliphatic carbocycles. The highest BCUT2D eigenvalue weighted by molar-refractivity contribution is 5.49. The van der Waals surface area contributed by atoms with Gasteiger partial charge in [-0.15, -0.1) is 5.10 Å². The Bertz CT molecular complexity index is 531. The fraction of sp³-hybridized carbons (Fsp3) is 0.538. The molecule has 0 bridgehead atoms. The molecule has 0 spiro atoms. The number of pyridine rings is 1. The Hall–Kier alpha value is -1.62. The van der Waals surface area contributed by atoms with Gasteiger partial charge in [0.05, 0.1) is 6.10 Å². The molecule has 0 aromatic carbocycles. The second-order valence-corrected chi connectivity index (χ2v) is 4.75. The fourth-order valence-corrected chi connectivity index (χ4v) is 2.33. The zero-order chi connectivity index (χ0) is 12.4. The van der Waals surface area contributed by atoms with Gasteiger partial charge in [-0.2, -0.15) is 4.98 Å². The van der Waals surface area contributed by atoms with Gasteiger partial charge in [-0.05, 0) is 37.8 Å². The summed E-state index contributed by atoms with van der Waals surface area (Å²) in [6.07, 6.45) is 5.72. The molecule has 0 radical (unpaired) electrons. The van der Waals surface area contributed by atoms with Gasteiger partial charge in [-0.25, -0.2) is 4.52 Å². The lowest BCUT2D eigenvalue weighted by molar-refractivity contribution is 0.107. The van der Waals surface area contributed by atoms with Crippen LogP contribution in [0.25, 0.3) is 5.65 Å². The van der Waals surface area contributed by atoms with E-state index in [9.17, 15) is 0 Å². The number of hydrogen-bond acceptors (Lipinski definition) is 4. The van der Waals surface area contributed by atoms with E-state index in [-0.39, 0.29) is 0 Å². The zero-order valence-corrected chi connectivity index (χ0v) is 10.6. The minimum absolute atomic E-state index is 0.413. The lowest BCUT2D eigenvalue weighted by atomic mass is 10.2. The highest BCUT2D eigenvalue weighted by Crippen LogP contribution is 2.15. The van der Waals surface area contributed by atoms with Gasteiger partial charge in [0.2, 0.25) is 5.95 Å². The molecule has 1 unspecified atom stereocenters. The van der Waals surface area contributed by atoms with Gasteiger partial charge in [0.25, 0.3) is 0 Å². The Morgan fingerprint density at radius 2 is 2.50 bits per heavy atom. The highest BCUT2D eigenvalue weighted by Gasteiger charge is 2.15. The number of ether oxygens (including phenoxy) is 1. The van der Waals surface area contributed by atoms with Crippen molar-refractivity contribution in [2.24, 2.45) is 0 Å². The third kappa shape index (κ3) is 2.31. The molecule has 5 heteroatoms. The van der Waals surface area contributed by atoms with E-state index in [1.165, 1.54) is 12.8 Å². The van der Waals surface area contributed by atoms with Crippen LogP contribution in [0.4, 0.5) is 5.95 Å². The van der Waals surface area contributed by atoms with Gasteiger partial charge >= 0.3 is 0 Å². The first-order valence-corrected chi connectivity index (χ1v) is 6.50.